The van der Waals surface area contributed by atoms with Crippen LogP contribution >= 0.6 is 0 Å². The van der Waals surface area contributed by atoms with E-state index in [-0.39, 0.29) is 11.8 Å². The molecule has 1 aliphatic rings. The average Bonchev–Trinajstić information content (AvgIpc) is 2.51. The van der Waals surface area contributed by atoms with Crippen LogP contribution in [-0.2, 0) is 21.4 Å². The molecule has 0 aliphatic heterocycles. The molecule has 140 valence electrons. The summed E-state index contributed by atoms with van der Waals surface area (Å²) in [5.74, 6) is 0.811. The molecule has 0 spiro atoms. The van der Waals surface area contributed by atoms with Gasteiger partial charge in [-0.1, -0.05) is 39.0 Å². The first-order valence-corrected chi connectivity index (χ1v) is 10.8. The minimum absolute atomic E-state index is 0.0635. The van der Waals surface area contributed by atoms with Crippen LogP contribution in [0.2, 0.25) is 0 Å². The summed E-state index contributed by atoms with van der Waals surface area (Å²) in [6.45, 7) is 7.13. The van der Waals surface area contributed by atoms with Crippen molar-refractivity contribution in [1.29, 1.82) is 0 Å². The van der Waals surface area contributed by atoms with Crippen molar-refractivity contribution in [2.75, 3.05) is 11.0 Å². The van der Waals surface area contributed by atoms with Gasteiger partial charge in [0.05, 0.1) is 11.9 Å². The van der Waals surface area contributed by atoms with E-state index >= 15 is 0 Å². The Hall–Kier alpha value is -1.56. The topological polar surface area (TPSA) is 75.3 Å². The van der Waals surface area contributed by atoms with Crippen LogP contribution in [-0.4, -0.2) is 20.6 Å². The van der Waals surface area contributed by atoms with Gasteiger partial charge in [0.25, 0.3) is 0 Å². The maximum Gasteiger partial charge on any atom is 0.229 e. The lowest BCUT2D eigenvalue weighted by atomic mass is 9.69. The summed E-state index contributed by atoms with van der Waals surface area (Å²) in [7, 11) is -3.34. The van der Waals surface area contributed by atoms with Gasteiger partial charge in [-0.2, -0.15) is 0 Å². The highest BCUT2D eigenvalue weighted by molar-refractivity contribution is 7.92. The Labute approximate surface area is 151 Å². The molecule has 1 fully saturated rings. The largest absolute Gasteiger partial charge is 0.352 e. The molecule has 0 unspecified atom stereocenters. The summed E-state index contributed by atoms with van der Waals surface area (Å²) in [5.41, 5.74) is 1.59. The zero-order valence-corrected chi connectivity index (χ0v) is 16.4. The predicted molar refractivity (Wildman–Crippen MR) is 102 cm³/mol. The second-order valence-electron chi connectivity index (χ2n) is 8.16. The van der Waals surface area contributed by atoms with Gasteiger partial charge < -0.3 is 5.32 Å². The highest BCUT2D eigenvalue weighted by atomic mass is 32.2. The summed E-state index contributed by atoms with van der Waals surface area (Å²) >= 11 is 0. The summed E-state index contributed by atoms with van der Waals surface area (Å²) in [6, 6.07) is 7.14. The lowest BCUT2D eigenvalue weighted by molar-refractivity contribution is -0.126. The third-order valence-corrected chi connectivity index (χ3v) is 5.68. The number of anilines is 1. The van der Waals surface area contributed by atoms with E-state index < -0.39 is 10.0 Å². The fourth-order valence-electron chi connectivity index (χ4n) is 3.52. The zero-order chi connectivity index (χ0) is 18.7. The maximum atomic E-state index is 12.5. The number of carbonyl (C=O) groups is 1. The number of rotatable bonds is 5. The zero-order valence-electron chi connectivity index (χ0n) is 15.6. The second-order valence-corrected chi connectivity index (χ2v) is 9.91. The van der Waals surface area contributed by atoms with Crippen LogP contribution in [0, 0.1) is 17.3 Å². The van der Waals surface area contributed by atoms with Gasteiger partial charge in [0, 0.05) is 12.5 Å². The van der Waals surface area contributed by atoms with Gasteiger partial charge in [-0.05, 0) is 48.6 Å². The standard InChI is InChI=1S/C19H30N2O3S/c1-19(2,3)16-11-9-14(10-12-16)18(22)20-13-15-7-5-6-8-17(15)21-25(4,23)24/h5-8,14,16,21H,9-13H2,1-4H3,(H,20,22). The van der Waals surface area contributed by atoms with Gasteiger partial charge in [-0.25, -0.2) is 8.42 Å². The van der Waals surface area contributed by atoms with Crippen LogP contribution in [0.15, 0.2) is 24.3 Å². The Morgan fingerprint density at radius 1 is 1.12 bits per heavy atom. The molecular formula is C19H30N2O3S. The summed E-state index contributed by atoms with van der Waals surface area (Å²) < 4.78 is 25.4. The van der Waals surface area contributed by atoms with E-state index in [4.69, 9.17) is 0 Å². The number of sulfonamides is 1. The molecule has 2 N–H and O–H groups in total. The van der Waals surface area contributed by atoms with Gasteiger partial charge >= 0.3 is 0 Å². The molecule has 5 nitrogen and oxygen atoms in total. The fourth-order valence-corrected chi connectivity index (χ4v) is 4.12. The monoisotopic (exact) mass is 366 g/mol. The van der Waals surface area contributed by atoms with Gasteiger partial charge in [-0.15, -0.1) is 0 Å². The summed E-state index contributed by atoms with van der Waals surface area (Å²) in [5, 5.41) is 2.97. The van der Waals surface area contributed by atoms with Crippen LogP contribution in [0.3, 0.4) is 0 Å². The van der Waals surface area contributed by atoms with Crippen LogP contribution in [0.4, 0.5) is 5.69 Å². The van der Waals surface area contributed by atoms with Crippen molar-refractivity contribution in [3.63, 3.8) is 0 Å². The molecule has 1 aliphatic carbocycles. The molecule has 0 atom stereocenters. The Morgan fingerprint density at radius 3 is 2.28 bits per heavy atom. The minimum atomic E-state index is -3.34. The highest BCUT2D eigenvalue weighted by Gasteiger charge is 2.32. The Morgan fingerprint density at radius 2 is 1.72 bits per heavy atom. The molecule has 1 saturated carbocycles. The van der Waals surface area contributed by atoms with Crippen molar-refractivity contribution in [2.24, 2.45) is 17.3 Å². The third kappa shape index (κ3) is 6.03. The Balaban J connectivity index is 1.91. The Kier molecular flexibility index (Phi) is 6.14. The van der Waals surface area contributed by atoms with Crippen molar-refractivity contribution < 1.29 is 13.2 Å². The van der Waals surface area contributed by atoms with Crippen LogP contribution in [0.25, 0.3) is 0 Å². The van der Waals surface area contributed by atoms with Crippen molar-refractivity contribution in [3.8, 4) is 0 Å². The molecule has 0 radical (unpaired) electrons. The molecule has 25 heavy (non-hydrogen) atoms. The van der Waals surface area contributed by atoms with E-state index in [0.29, 0.717) is 23.6 Å². The van der Waals surface area contributed by atoms with E-state index in [9.17, 15) is 13.2 Å². The van der Waals surface area contributed by atoms with Crippen LogP contribution in [0.1, 0.15) is 52.0 Å². The highest BCUT2D eigenvalue weighted by Crippen LogP contribution is 2.39. The minimum Gasteiger partial charge on any atom is -0.352 e. The lowest BCUT2D eigenvalue weighted by Crippen LogP contribution is -2.35. The molecule has 2 rings (SSSR count). The maximum absolute atomic E-state index is 12.5. The van der Waals surface area contributed by atoms with Crippen LogP contribution in [0.5, 0.6) is 0 Å². The quantitative estimate of drug-likeness (QED) is 0.837. The number of carbonyl (C=O) groups excluding carboxylic acids is 1. The number of hydrogen-bond acceptors (Lipinski definition) is 3. The first-order valence-electron chi connectivity index (χ1n) is 8.89. The van der Waals surface area contributed by atoms with E-state index in [1.54, 1.807) is 12.1 Å². The smallest absolute Gasteiger partial charge is 0.229 e. The Bertz CT molecular complexity index is 700. The van der Waals surface area contributed by atoms with Gasteiger partial charge in [0.15, 0.2) is 0 Å². The van der Waals surface area contributed by atoms with E-state index in [2.05, 4.69) is 30.8 Å². The predicted octanol–water partition coefficient (Wildman–Crippen LogP) is 3.53. The van der Waals surface area contributed by atoms with Gasteiger partial charge in [0.2, 0.25) is 15.9 Å². The van der Waals surface area contributed by atoms with Crippen molar-refractivity contribution in [2.45, 2.75) is 53.0 Å². The summed E-state index contributed by atoms with van der Waals surface area (Å²) in [4.78, 5) is 12.5. The first-order chi connectivity index (χ1) is 11.6. The van der Waals surface area contributed by atoms with E-state index in [0.717, 1.165) is 37.5 Å². The number of amides is 1. The lowest BCUT2D eigenvalue weighted by Gasteiger charge is -2.36. The second kappa shape index (κ2) is 7.77. The molecule has 1 amide bonds. The first kappa shape index (κ1) is 19.8. The molecule has 6 heteroatoms. The normalized spacial score (nSPS) is 21.6. The molecule has 0 aromatic heterocycles. The number of nitrogens with one attached hydrogen (secondary N) is 2. The molecule has 1 aromatic carbocycles. The van der Waals surface area contributed by atoms with Crippen molar-refractivity contribution >= 4 is 21.6 Å². The van der Waals surface area contributed by atoms with Gasteiger partial charge in [0.1, 0.15) is 0 Å². The molecule has 0 bridgehead atoms. The van der Waals surface area contributed by atoms with Crippen molar-refractivity contribution in [1.82, 2.24) is 5.32 Å². The number of hydrogen-bond donors (Lipinski definition) is 2. The van der Waals surface area contributed by atoms with Gasteiger partial charge in [-0.3, -0.25) is 9.52 Å². The fraction of sp³-hybridized carbons (Fsp3) is 0.632. The SMILES string of the molecule is CC(C)(C)C1CCC(C(=O)NCc2ccccc2NS(C)(=O)=O)CC1. The molecule has 0 heterocycles. The molecule has 0 saturated heterocycles. The number of para-hydroxylation sites is 1. The third-order valence-electron chi connectivity index (χ3n) is 5.09. The van der Waals surface area contributed by atoms with E-state index in [1.807, 2.05) is 12.1 Å². The van der Waals surface area contributed by atoms with Crippen molar-refractivity contribution in [3.05, 3.63) is 29.8 Å². The average molecular weight is 367 g/mol. The van der Waals surface area contributed by atoms with E-state index in [1.165, 1.54) is 0 Å². The molecule has 1 aromatic rings. The number of benzene rings is 1. The molecular weight excluding hydrogens is 336 g/mol. The summed E-state index contributed by atoms with van der Waals surface area (Å²) in [6.07, 6.45) is 5.16. The van der Waals surface area contributed by atoms with Crippen LogP contribution < -0.4 is 10.0 Å².